The average molecular weight is 379 g/mol. The minimum atomic E-state index is -3.28. The van der Waals surface area contributed by atoms with Crippen molar-refractivity contribution in [3.8, 4) is 11.6 Å². The lowest BCUT2D eigenvalue weighted by atomic mass is 10.3. The Labute approximate surface area is 156 Å². The van der Waals surface area contributed by atoms with Crippen molar-refractivity contribution < 1.29 is 13.5 Å². The second-order valence-electron chi connectivity index (χ2n) is 6.20. The first-order valence-electron chi connectivity index (χ1n) is 8.26. The quantitative estimate of drug-likeness (QED) is 0.562. The summed E-state index contributed by atoms with van der Waals surface area (Å²) in [6.07, 6.45) is 1.16. The molecule has 2 N–H and O–H groups in total. The molecule has 0 amide bonds. The van der Waals surface area contributed by atoms with Crippen molar-refractivity contribution in [2.24, 2.45) is 0 Å². The number of aromatic hydroxyl groups is 1. The van der Waals surface area contributed by atoms with Crippen LogP contribution >= 0.6 is 0 Å². The lowest BCUT2D eigenvalue weighted by molar-refractivity contribution is 0.445. The summed E-state index contributed by atoms with van der Waals surface area (Å²) in [4.78, 5) is 4.84. The van der Waals surface area contributed by atoms with Gasteiger partial charge in [-0.2, -0.15) is 0 Å². The molecule has 0 aliphatic carbocycles. The number of benzene rings is 2. The van der Waals surface area contributed by atoms with Crippen LogP contribution in [0.3, 0.4) is 0 Å². The van der Waals surface area contributed by atoms with E-state index in [1.54, 1.807) is 22.8 Å². The number of hydrogen-bond acceptors (Lipinski definition) is 5. The Morgan fingerprint density at radius 1 is 0.963 bits per heavy atom. The van der Waals surface area contributed by atoms with Gasteiger partial charge < -0.3 is 10.4 Å². The molecule has 0 spiro atoms. The molecule has 2 aromatic heterocycles. The van der Waals surface area contributed by atoms with Crippen molar-refractivity contribution >= 4 is 32.4 Å². The number of para-hydroxylation sites is 1. The van der Waals surface area contributed by atoms with E-state index in [1.807, 2.05) is 42.5 Å². The maximum absolute atomic E-state index is 11.7. The van der Waals surface area contributed by atoms with Gasteiger partial charge in [0, 0.05) is 23.4 Å². The third-order valence-corrected chi connectivity index (χ3v) is 5.33. The van der Waals surface area contributed by atoms with Gasteiger partial charge in [0.15, 0.2) is 15.7 Å². The van der Waals surface area contributed by atoms with E-state index >= 15 is 0 Å². The van der Waals surface area contributed by atoms with Gasteiger partial charge in [0.25, 0.3) is 0 Å². The van der Waals surface area contributed by atoms with Crippen LogP contribution in [0, 0.1) is 0 Å². The molecule has 4 rings (SSSR count). The zero-order valence-corrected chi connectivity index (χ0v) is 15.3. The van der Waals surface area contributed by atoms with Gasteiger partial charge in [-0.05, 0) is 48.5 Å². The third kappa shape index (κ3) is 3.37. The monoisotopic (exact) mass is 379 g/mol. The van der Waals surface area contributed by atoms with Gasteiger partial charge in [-0.3, -0.25) is 4.57 Å². The molecule has 0 unspecified atom stereocenters. The lowest BCUT2D eigenvalue weighted by Crippen LogP contribution is -2.00. The number of aromatic nitrogens is 2. The SMILES string of the molecule is CS(=O)(=O)c1ccc(-n2c(O)cc3ccc(Nc4ccccc4)nc32)cc1. The summed E-state index contributed by atoms with van der Waals surface area (Å²) in [5, 5.41) is 14.4. The Bertz CT molecular complexity index is 1210. The fourth-order valence-electron chi connectivity index (χ4n) is 2.90. The van der Waals surface area contributed by atoms with Gasteiger partial charge >= 0.3 is 0 Å². The van der Waals surface area contributed by atoms with E-state index in [2.05, 4.69) is 10.3 Å². The number of pyridine rings is 1. The molecule has 0 bridgehead atoms. The van der Waals surface area contributed by atoms with E-state index in [-0.39, 0.29) is 10.8 Å². The van der Waals surface area contributed by atoms with E-state index in [0.29, 0.717) is 17.2 Å². The summed E-state index contributed by atoms with van der Waals surface area (Å²) in [6, 6.07) is 21.3. The number of rotatable bonds is 4. The van der Waals surface area contributed by atoms with Crippen LogP contribution in [0.1, 0.15) is 0 Å². The van der Waals surface area contributed by atoms with Crippen molar-refractivity contribution in [3.63, 3.8) is 0 Å². The van der Waals surface area contributed by atoms with Crippen LogP contribution in [0.4, 0.5) is 11.5 Å². The number of hydrogen-bond donors (Lipinski definition) is 2. The number of nitrogens with one attached hydrogen (secondary N) is 1. The van der Waals surface area contributed by atoms with Crippen molar-refractivity contribution in [1.29, 1.82) is 0 Å². The maximum atomic E-state index is 11.7. The first-order valence-corrected chi connectivity index (χ1v) is 10.1. The summed E-state index contributed by atoms with van der Waals surface area (Å²) in [5.74, 6) is 0.669. The highest BCUT2D eigenvalue weighted by Gasteiger charge is 2.13. The van der Waals surface area contributed by atoms with Crippen molar-refractivity contribution in [3.05, 3.63) is 72.8 Å². The Hall–Kier alpha value is -3.32. The smallest absolute Gasteiger partial charge is 0.197 e. The highest BCUT2D eigenvalue weighted by Crippen LogP contribution is 2.29. The number of nitrogens with zero attached hydrogens (tertiary/aromatic N) is 2. The van der Waals surface area contributed by atoms with Gasteiger partial charge in [-0.25, -0.2) is 13.4 Å². The van der Waals surface area contributed by atoms with E-state index < -0.39 is 9.84 Å². The van der Waals surface area contributed by atoms with Crippen LogP contribution in [-0.2, 0) is 9.84 Å². The summed E-state index contributed by atoms with van der Waals surface area (Å²) in [5.41, 5.74) is 2.10. The predicted octanol–water partition coefficient (Wildman–Crippen LogP) is 3.88. The number of fused-ring (bicyclic) bond motifs is 1. The average Bonchev–Trinajstić information content (AvgIpc) is 2.97. The Balaban J connectivity index is 1.78. The van der Waals surface area contributed by atoms with Gasteiger partial charge in [0.05, 0.1) is 10.6 Å². The molecule has 0 aliphatic rings. The molecule has 0 saturated heterocycles. The van der Waals surface area contributed by atoms with Gasteiger partial charge in [0.2, 0.25) is 0 Å². The van der Waals surface area contributed by atoms with Crippen molar-refractivity contribution in [1.82, 2.24) is 9.55 Å². The molecular weight excluding hydrogens is 362 g/mol. The van der Waals surface area contributed by atoms with Crippen LogP contribution in [0.25, 0.3) is 16.7 Å². The molecule has 0 saturated carbocycles. The van der Waals surface area contributed by atoms with Crippen molar-refractivity contribution in [2.45, 2.75) is 4.90 Å². The zero-order chi connectivity index (χ0) is 19.0. The molecule has 136 valence electrons. The molecule has 2 aromatic carbocycles. The van der Waals surface area contributed by atoms with Crippen LogP contribution in [0.2, 0.25) is 0 Å². The first kappa shape index (κ1) is 17.1. The van der Waals surface area contributed by atoms with E-state index in [4.69, 9.17) is 0 Å². The van der Waals surface area contributed by atoms with Gasteiger partial charge in [-0.15, -0.1) is 0 Å². The molecule has 0 radical (unpaired) electrons. The highest BCUT2D eigenvalue weighted by atomic mass is 32.2. The number of anilines is 2. The van der Waals surface area contributed by atoms with E-state index in [0.717, 1.165) is 17.3 Å². The standard InChI is InChI=1S/C20H17N3O3S/c1-27(25,26)17-10-8-16(9-11-17)23-19(24)13-14-7-12-18(22-20(14)23)21-15-5-3-2-4-6-15/h2-13,24H,1H3,(H,21,22). The van der Waals surface area contributed by atoms with E-state index in [1.165, 1.54) is 12.1 Å². The molecular formula is C20H17N3O3S. The minimum Gasteiger partial charge on any atom is -0.494 e. The molecule has 0 aliphatic heterocycles. The molecule has 7 heteroatoms. The molecule has 2 heterocycles. The minimum absolute atomic E-state index is 0.0291. The summed E-state index contributed by atoms with van der Waals surface area (Å²) < 4.78 is 24.9. The Morgan fingerprint density at radius 2 is 1.67 bits per heavy atom. The Morgan fingerprint density at radius 3 is 2.33 bits per heavy atom. The molecule has 4 aromatic rings. The molecule has 27 heavy (non-hydrogen) atoms. The summed E-state index contributed by atoms with van der Waals surface area (Å²) in [6.45, 7) is 0. The first-order chi connectivity index (χ1) is 12.9. The second-order valence-corrected chi connectivity index (χ2v) is 8.22. The normalized spacial score (nSPS) is 11.6. The van der Waals surface area contributed by atoms with E-state index in [9.17, 15) is 13.5 Å². The summed E-state index contributed by atoms with van der Waals surface area (Å²) in [7, 11) is -3.28. The zero-order valence-electron chi connectivity index (χ0n) is 14.5. The molecule has 6 nitrogen and oxygen atoms in total. The Kier molecular flexibility index (Phi) is 4.08. The molecule has 0 atom stereocenters. The van der Waals surface area contributed by atoms with Crippen LogP contribution < -0.4 is 5.32 Å². The van der Waals surface area contributed by atoms with Crippen LogP contribution in [0.15, 0.2) is 77.7 Å². The number of sulfone groups is 1. The second kappa shape index (κ2) is 6.44. The van der Waals surface area contributed by atoms with Crippen LogP contribution in [0.5, 0.6) is 5.88 Å². The largest absolute Gasteiger partial charge is 0.494 e. The molecule has 0 fully saturated rings. The van der Waals surface area contributed by atoms with Crippen LogP contribution in [-0.4, -0.2) is 29.3 Å². The summed E-state index contributed by atoms with van der Waals surface area (Å²) >= 11 is 0. The predicted molar refractivity (Wildman–Crippen MR) is 106 cm³/mol. The fraction of sp³-hybridized carbons (Fsp3) is 0.0500. The van der Waals surface area contributed by atoms with Crippen molar-refractivity contribution in [2.75, 3.05) is 11.6 Å². The fourth-order valence-corrected chi connectivity index (χ4v) is 3.53. The highest BCUT2D eigenvalue weighted by molar-refractivity contribution is 7.90. The van der Waals surface area contributed by atoms with Gasteiger partial charge in [-0.1, -0.05) is 18.2 Å². The lowest BCUT2D eigenvalue weighted by Gasteiger charge is -2.09. The topological polar surface area (TPSA) is 84.2 Å². The third-order valence-electron chi connectivity index (χ3n) is 4.20. The van der Waals surface area contributed by atoms with Gasteiger partial charge in [0.1, 0.15) is 11.5 Å². The maximum Gasteiger partial charge on any atom is 0.197 e.